The number of para-hydroxylation sites is 1. The Balaban J connectivity index is 0.998. The number of anilines is 2. The van der Waals surface area contributed by atoms with Crippen molar-refractivity contribution in [3.8, 4) is 67.5 Å². The van der Waals surface area contributed by atoms with Crippen LogP contribution in [-0.4, -0.2) is 6.04 Å². The van der Waals surface area contributed by atoms with Gasteiger partial charge in [-0.05, 0) is 122 Å². The molecule has 1 spiro atoms. The van der Waals surface area contributed by atoms with Gasteiger partial charge in [-0.25, -0.2) is 0 Å². The van der Waals surface area contributed by atoms with Crippen LogP contribution in [0.5, 0.6) is 23.0 Å². The van der Waals surface area contributed by atoms with Crippen LogP contribution in [-0.2, 0) is 5.41 Å². The first-order chi connectivity index (χ1) is 31.7. The van der Waals surface area contributed by atoms with Crippen molar-refractivity contribution in [1.29, 1.82) is 0 Å². The topological polar surface area (TPSA) is 21.7 Å². The van der Waals surface area contributed by atoms with Crippen molar-refractivity contribution in [2.45, 2.75) is 30.2 Å². The first-order valence-electron chi connectivity index (χ1n) is 22.5. The number of benzene rings is 9. The molecule has 0 saturated heterocycles. The Labute approximate surface area is 374 Å². The molecule has 1 heterocycles. The first kappa shape index (κ1) is 36.7. The third-order valence-corrected chi connectivity index (χ3v) is 14.1. The predicted octanol–water partition coefficient (Wildman–Crippen LogP) is 15.9. The summed E-state index contributed by atoms with van der Waals surface area (Å²) in [6.07, 6.45) is 6.70. The molecule has 1 aliphatic heterocycles. The van der Waals surface area contributed by atoms with Gasteiger partial charge < -0.3 is 14.4 Å². The number of nitrogens with zero attached hydrogens (tertiary/aromatic N) is 1. The summed E-state index contributed by atoms with van der Waals surface area (Å²) in [6.45, 7) is 0. The largest absolute Gasteiger partial charge is 0.449 e. The Kier molecular flexibility index (Phi) is 8.39. The van der Waals surface area contributed by atoms with Gasteiger partial charge in [0.1, 0.15) is 0 Å². The predicted molar refractivity (Wildman–Crippen MR) is 260 cm³/mol. The first-order valence-corrected chi connectivity index (χ1v) is 22.5. The summed E-state index contributed by atoms with van der Waals surface area (Å²) in [6, 6.07) is 77.1. The quantitative estimate of drug-likeness (QED) is 0.156. The lowest BCUT2D eigenvalue weighted by Gasteiger charge is -2.39. The van der Waals surface area contributed by atoms with Crippen LogP contribution in [0.2, 0.25) is 0 Å². The fraction of sp³-hybridized carbons (Fsp3) is 0.0820. The van der Waals surface area contributed by atoms with Crippen molar-refractivity contribution in [3.63, 3.8) is 0 Å². The minimum absolute atomic E-state index is 0.0183. The van der Waals surface area contributed by atoms with Crippen molar-refractivity contribution >= 4 is 11.4 Å². The molecule has 4 aliphatic rings. The summed E-state index contributed by atoms with van der Waals surface area (Å²) in [5, 5.41) is 0. The summed E-state index contributed by atoms with van der Waals surface area (Å²) in [5.41, 5.74) is 17.7. The summed E-state index contributed by atoms with van der Waals surface area (Å²) >= 11 is 0. The highest BCUT2D eigenvalue weighted by Crippen LogP contribution is 2.65. The zero-order valence-electron chi connectivity index (χ0n) is 35.2. The molecule has 9 aromatic rings. The molecular weight excluding hydrogens is 779 g/mol. The highest BCUT2D eigenvalue weighted by molar-refractivity contribution is 5.96. The second kappa shape index (κ2) is 14.6. The number of ether oxygens (including phenoxy) is 2. The third-order valence-electron chi connectivity index (χ3n) is 14.1. The molecule has 9 aromatic carbocycles. The van der Waals surface area contributed by atoms with Crippen molar-refractivity contribution in [1.82, 2.24) is 0 Å². The molecule has 13 rings (SSSR count). The monoisotopic (exact) mass is 821 g/mol. The van der Waals surface area contributed by atoms with Crippen molar-refractivity contribution in [2.75, 3.05) is 4.90 Å². The van der Waals surface area contributed by atoms with Gasteiger partial charge in [0, 0.05) is 11.3 Å². The van der Waals surface area contributed by atoms with E-state index < -0.39 is 5.41 Å². The maximum atomic E-state index is 7.36. The molecule has 0 bridgehead atoms. The van der Waals surface area contributed by atoms with Crippen LogP contribution in [0.3, 0.4) is 0 Å². The van der Waals surface area contributed by atoms with Gasteiger partial charge in [0.15, 0.2) is 23.0 Å². The highest BCUT2D eigenvalue weighted by Gasteiger charge is 2.52. The molecule has 0 radical (unpaired) electrons. The minimum Gasteiger partial charge on any atom is -0.449 e. The zero-order valence-corrected chi connectivity index (χ0v) is 35.2. The van der Waals surface area contributed by atoms with Crippen molar-refractivity contribution in [2.24, 2.45) is 0 Å². The van der Waals surface area contributed by atoms with E-state index in [4.69, 9.17) is 9.47 Å². The summed E-state index contributed by atoms with van der Waals surface area (Å²) in [7, 11) is 0. The lowest BCUT2D eigenvalue weighted by Crippen LogP contribution is -2.33. The standard InChI is InChI=1S/C61H43NO2/c1-4-18-40(19-5-1)43-24-16-25-45(36-43)62(55-35-34-44(41-20-6-2-7-21-41)37-49(55)42-22-8-3-9-23-42)56-32-17-33-57-60(56)64-59-39-54-50(38-58(59)63-57)48-28-12-15-31-53(48)61(54)51-29-13-10-26-46(51)47-27-11-14-30-52(47)61/h1-23,25-35,37-39,43,45H,24,36H2. The zero-order chi connectivity index (χ0) is 42.2. The maximum absolute atomic E-state index is 7.36. The molecule has 3 aliphatic carbocycles. The lowest BCUT2D eigenvalue weighted by molar-refractivity contribution is 0.359. The van der Waals surface area contributed by atoms with Gasteiger partial charge in [0.25, 0.3) is 0 Å². The van der Waals surface area contributed by atoms with E-state index in [1.165, 1.54) is 61.2 Å². The fourth-order valence-corrected chi connectivity index (χ4v) is 11.3. The smallest absolute Gasteiger partial charge is 0.193 e. The van der Waals surface area contributed by atoms with Crippen LogP contribution in [0.15, 0.2) is 224 Å². The van der Waals surface area contributed by atoms with Gasteiger partial charge in [-0.3, -0.25) is 0 Å². The van der Waals surface area contributed by atoms with Gasteiger partial charge in [-0.2, -0.15) is 0 Å². The minimum atomic E-state index is -0.492. The number of fused-ring (bicyclic) bond motifs is 12. The second-order valence-electron chi connectivity index (χ2n) is 17.4. The summed E-state index contributed by atoms with van der Waals surface area (Å²) in [4.78, 5) is 2.52. The van der Waals surface area contributed by atoms with Gasteiger partial charge in [0.05, 0.1) is 17.1 Å². The molecule has 304 valence electrons. The van der Waals surface area contributed by atoms with E-state index in [2.05, 4.69) is 223 Å². The Morgan fingerprint density at radius 1 is 0.406 bits per heavy atom. The summed E-state index contributed by atoms with van der Waals surface area (Å²) in [5.74, 6) is 3.22. The molecule has 0 N–H and O–H groups in total. The number of rotatable bonds is 6. The van der Waals surface area contributed by atoms with Gasteiger partial charge in [-0.1, -0.05) is 188 Å². The van der Waals surface area contributed by atoms with E-state index in [9.17, 15) is 0 Å². The molecule has 0 fully saturated rings. The van der Waals surface area contributed by atoms with Gasteiger partial charge >= 0.3 is 0 Å². The summed E-state index contributed by atoms with van der Waals surface area (Å²) < 4.78 is 14.4. The average Bonchev–Trinajstić information content (AvgIpc) is 3.83. The number of hydrogen-bond acceptors (Lipinski definition) is 3. The Morgan fingerprint density at radius 3 is 1.69 bits per heavy atom. The molecule has 2 atom stereocenters. The molecule has 2 unspecified atom stereocenters. The molecule has 0 aromatic heterocycles. The molecule has 3 nitrogen and oxygen atoms in total. The van der Waals surface area contributed by atoms with E-state index >= 15 is 0 Å². The van der Waals surface area contributed by atoms with E-state index in [-0.39, 0.29) is 6.04 Å². The van der Waals surface area contributed by atoms with Crippen LogP contribution in [0.25, 0.3) is 44.5 Å². The number of allylic oxidation sites excluding steroid dienone is 1. The van der Waals surface area contributed by atoms with Gasteiger partial charge in [0.2, 0.25) is 0 Å². The van der Waals surface area contributed by atoms with E-state index in [1.54, 1.807) is 0 Å². The van der Waals surface area contributed by atoms with E-state index in [0.29, 0.717) is 17.4 Å². The van der Waals surface area contributed by atoms with Crippen molar-refractivity contribution in [3.05, 3.63) is 252 Å². The third kappa shape index (κ3) is 5.53. The lowest BCUT2D eigenvalue weighted by atomic mass is 9.70. The van der Waals surface area contributed by atoms with E-state index in [0.717, 1.165) is 46.8 Å². The van der Waals surface area contributed by atoms with Crippen LogP contribution in [0, 0.1) is 0 Å². The molecule has 0 amide bonds. The second-order valence-corrected chi connectivity index (χ2v) is 17.4. The highest BCUT2D eigenvalue weighted by atomic mass is 16.6. The van der Waals surface area contributed by atoms with Crippen LogP contribution < -0.4 is 14.4 Å². The fourth-order valence-electron chi connectivity index (χ4n) is 11.3. The Bertz CT molecular complexity index is 3250. The van der Waals surface area contributed by atoms with Crippen LogP contribution in [0.4, 0.5) is 11.4 Å². The Morgan fingerprint density at radius 2 is 1.00 bits per heavy atom. The van der Waals surface area contributed by atoms with E-state index in [1.807, 2.05) is 6.07 Å². The Hall–Kier alpha value is -7.88. The normalized spacial score (nSPS) is 16.6. The van der Waals surface area contributed by atoms with Crippen LogP contribution in [0.1, 0.15) is 46.6 Å². The molecule has 64 heavy (non-hydrogen) atoms. The maximum Gasteiger partial charge on any atom is 0.193 e. The average molecular weight is 822 g/mol. The van der Waals surface area contributed by atoms with Crippen LogP contribution >= 0.6 is 0 Å². The molecule has 0 saturated carbocycles. The SMILES string of the molecule is C1=CC(N(c2ccc(-c3ccccc3)cc2-c2ccccc2)c2cccc3c2Oc2cc4c(cc2O3)-c2ccccc2C42c3ccccc3-c3ccccc32)CC(c2ccccc2)C1. The number of hydrogen-bond donors (Lipinski definition) is 0. The van der Waals surface area contributed by atoms with Gasteiger partial charge in [-0.15, -0.1) is 0 Å². The van der Waals surface area contributed by atoms with Crippen molar-refractivity contribution < 1.29 is 9.47 Å². The molecule has 3 heteroatoms. The molecular formula is C61H43NO2.